The number of rotatable bonds is 5. The molecule has 6 heteroatoms. The lowest BCUT2D eigenvalue weighted by Crippen LogP contribution is -2.51. The van der Waals surface area contributed by atoms with Crippen LogP contribution in [0.5, 0.6) is 5.75 Å². The molecule has 3 aromatic rings. The molecule has 2 amide bonds. The van der Waals surface area contributed by atoms with Crippen molar-refractivity contribution >= 4 is 28.4 Å². The number of anilines is 1. The summed E-state index contributed by atoms with van der Waals surface area (Å²) in [6, 6.07) is 15.2. The van der Waals surface area contributed by atoms with E-state index < -0.39 is 11.5 Å². The number of carbonyl (C=O) groups excluding carboxylic acids is 2. The van der Waals surface area contributed by atoms with Crippen LogP contribution in [-0.2, 0) is 15.0 Å². The number of benzene rings is 2. The SMILES string of the molecule is COc1ccc(C2(C(=O)N3CCC[C@@H]3C(=O)Nc3cccc4[nH]ccc34)CCCC2)cc1. The fraction of sp³-hybridized carbons (Fsp3) is 0.385. The number of methoxy groups -OCH3 is 1. The first-order valence-corrected chi connectivity index (χ1v) is 11.4. The van der Waals surface area contributed by atoms with E-state index in [2.05, 4.69) is 10.3 Å². The average Bonchev–Trinajstić information content (AvgIpc) is 3.59. The van der Waals surface area contributed by atoms with E-state index in [1.807, 2.05) is 59.6 Å². The second-order valence-electron chi connectivity index (χ2n) is 8.91. The molecule has 2 aliphatic rings. The highest BCUT2D eigenvalue weighted by Gasteiger charge is 2.48. The first kappa shape index (κ1) is 20.6. The number of likely N-dealkylation sites (tertiary alicyclic amines) is 1. The highest BCUT2D eigenvalue weighted by Crippen LogP contribution is 2.44. The fourth-order valence-corrected chi connectivity index (χ4v) is 5.48. The normalized spacial score (nSPS) is 19.9. The fourth-order valence-electron chi connectivity index (χ4n) is 5.48. The number of hydrogen-bond acceptors (Lipinski definition) is 3. The van der Waals surface area contributed by atoms with E-state index in [9.17, 15) is 9.59 Å². The third-order valence-corrected chi connectivity index (χ3v) is 7.18. The summed E-state index contributed by atoms with van der Waals surface area (Å²) in [7, 11) is 1.65. The molecule has 0 bridgehead atoms. The number of nitrogens with zero attached hydrogens (tertiary/aromatic N) is 1. The Balaban J connectivity index is 1.40. The standard InChI is InChI=1S/C26H29N3O3/c1-32-19-11-9-18(10-12-19)26(14-2-3-15-26)25(31)29-17-5-8-23(29)24(30)28-22-7-4-6-21-20(22)13-16-27-21/h4,6-7,9-13,16,23,27H,2-3,5,8,14-15,17H2,1H3,(H,28,30)/t23-/m1/s1. The lowest BCUT2D eigenvalue weighted by atomic mass is 9.77. The molecule has 1 saturated heterocycles. The number of amides is 2. The number of fused-ring (bicyclic) bond motifs is 1. The molecule has 1 saturated carbocycles. The van der Waals surface area contributed by atoms with E-state index in [0.29, 0.717) is 13.0 Å². The van der Waals surface area contributed by atoms with Gasteiger partial charge in [-0.25, -0.2) is 0 Å². The van der Waals surface area contributed by atoms with Gasteiger partial charge in [0.15, 0.2) is 0 Å². The minimum absolute atomic E-state index is 0.0951. The zero-order valence-corrected chi connectivity index (χ0v) is 18.4. The number of aromatic nitrogens is 1. The minimum Gasteiger partial charge on any atom is -0.497 e. The predicted molar refractivity (Wildman–Crippen MR) is 125 cm³/mol. The molecule has 2 heterocycles. The highest BCUT2D eigenvalue weighted by atomic mass is 16.5. The van der Waals surface area contributed by atoms with Crippen LogP contribution in [-0.4, -0.2) is 41.4 Å². The van der Waals surface area contributed by atoms with Gasteiger partial charge in [-0.2, -0.15) is 0 Å². The summed E-state index contributed by atoms with van der Waals surface area (Å²) >= 11 is 0. The van der Waals surface area contributed by atoms with Crippen molar-refractivity contribution in [3.8, 4) is 5.75 Å². The van der Waals surface area contributed by atoms with Gasteiger partial charge in [-0.05, 0) is 61.6 Å². The third kappa shape index (κ3) is 3.44. The summed E-state index contributed by atoms with van der Waals surface area (Å²) in [5.41, 5.74) is 2.24. The maximum absolute atomic E-state index is 14.0. The predicted octanol–water partition coefficient (Wildman–Crippen LogP) is 4.62. The van der Waals surface area contributed by atoms with Crippen molar-refractivity contribution in [2.24, 2.45) is 0 Å². The van der Waals surface area contributed by atoms with Gasteiger partial charge in [-0.1, -0.05) is 31.0 Å². The maximum Gasteiger partial charge on any atom is 0.247 e. The van der Waals surface area contributed by atoms with Gasteiger partial charge in [-0.15, -0.1) is 0 Å². The quantitative estimate of drug-likeness (QED) is 0.619. The van der Waals surface area contributed by atoms with Crippen molar-refractivity contribution in [2.45, 2.75) is 50.0 Å². The third-order valence-electron chi connectivity index (χ3n) is 7.18. The number of aromatic amines is 1. The first-order valence-electron chi connectivity index (χ1n) is 11.4. The average molecular weight is 432 g/mol. The molecule has 1 aromatic heterocycles. The molecule has 1 aliphatic heterocycles. The van der Waals surface area contributed by atoms with E-state index in [1.54, 1.807) is 7.11 Å². The maximum atomic E-state index is 14.0. The monoisotopic (exact) mass is 431 g/mol. The molecule has 5 rings (SSSR count). The summed E-state index contributed by atoms with van der Waals surface area (Å²) in [6.07, 6.45) is 7.11. The van der Waals surface area contributed by atoms with Crippen LogP contribution in [0.1, 0.15) is 44.1 Å². The van der Waals surface area contributed by atoms with E-state index in [4.69, 9.17) is 4.74 Å². The van der Waals surface area contributed by atoms with Crippen molar-refractivity contribution in [2.75, 3.05) is 19.0 Å². The Morgan fingerprint density at radius 3 is 2.59 bits per heavy atom. The second-order valence-corrected chi connectivity index (χ2v) is 8.91. The zero-order chi connectivity index (χ0) is 22.1. The molecule has 1 aliphatic carbocycles. The second kappa shape index (κ2) is 8.34. The summed E-state index contributed by atoms with van der Waals surface area (Å²) in [4.78, 5) is 32.3. The molecule has 32 heavy (non-hydrogen) atoms. The van der Waals surface area contributed by atoms with E-state index in [-0.39, 0.29) is 11.8 Å². The Kier molecular flexibility index (Phi) is 5.37. The number of nitrogens with one attached hydrogen (secondary N) is 2. The van der Waals surface area contributed by atoms with Crippen LogP contribution in [0, 0.1) is 0 Å². The van der Waals surface area contributed by atoms with Crippen LogP contribution in [0.25, 0.3) is 10.9 Å². The molecule has 0 radical (unpaired) electrons. The molecule has 6 nitrogen and oxygen atoms in total. The first-order chi connectivity index (χ1) is 15.6. The summed E-state index contributed by atoms with van der Waals surface area (Å²) in [6.45, 7) is 0.628. The molecule has 0 spiro atoms. The van der Waals surface area contributed by atoms with Gasteiger partial charge in [0.05, 0.1) is 18.2 Å². The van der Waals surface area contributed by atoms with Crippen molar-refractivity contribution in [1.29, 1.82) is 0 Å². The van der Waals surface area contributed by atoms with Gasteiger partial charge in [0.2, 0.25) is 11.8 Å². The topological polar surface area (TPSA) is 74.4 Å². The van der Waals surface area contributed by atoms with Gasteiger partial charge >= 0.3 is 0 Å². The number of hydrogen-bond donors (Lipinski definition) is 2. The largest absolute Gasteiger partial charge is 0.497 e. The molecule has 2 fully saturated rings. The molecule has 166 valence electrons. The Bertz CT molecular complexity index is 1130. The van der Waals surface area contributed by atoms with Crippen LogP contribution in [0.3, 0.4) is 0 Å². The summed E-state index contributed by atoms with van der Waals surface area (Å²) < 4.78 is 5.30. The van der Waals surface area contributed by atoms with Crippen LogP contribution in [0.2, 0.25) is 0 Å². The Hall–Kier alpha value is -3.28. The number of H-pyrrole nitrogens is 1. The number of carbonyl (C=O) groups is 2. The lowest BCUT2D eigenvalue weighted by Gasteiger charge is -2.35. The zero-order valence-electron chi connectivity index (χ0n) is 18.4. The van der Waals surface area contributed by atoms with Gasteiger partial charge in [-0.3, -0.25) is 9.59 Å². The van der Waals surface area contributed by atoms with E-state index in [0.717, 1.165) is 60.0 Å². The van der Waals surface area contributed by atoms with Crippen LogP contribution < -0.4 is 10.1 Å². The molecule has 2 aromatic carbocycles. The van der Waals surface area contributed by atoms with E-state index >= 15 is 0 Å². The lowest BCUT2D eigenvalue weighted by molar-refractivity contribution is -0.141. The van der Waals surface area contributed by atoms with Gasteiger partial charge < -0.3 is 19.9 Å². The molecule has 2 N–H and O–H groups in total. The van der Waals surface area contributed by atoms with E-state index in [1.165, 1.54) is 0 Å². The van der Waals surface area contributed by atoms with Crippen LogP contribution in [0.15, 0.2) is 54.7 Å². The van der Waals surface area contributed by atoms with Gasteiger partial charge in [0, 0.05) is 23.6 Å². The van der Waals surface area contributed by atoms with Crippen molar-refractivity contribution in [3.05, 3.63) is 60.3 Å². The Morgan fingerprint density at radius 1 is 1.06 bits per heavy atom. The molecular formula is C26H29N3O3. The van der Waals surface area contributed by atoms with Crippen molar-refractivity contribution in [1.82, 2.24) is 9.88 Å². The van der Waals surface area contributed by atoms with Crippen LogP contribution >= 0.6 is 0 Å². The van der Waals surface area contributed by atoms with Crippen molar-refractivity contribution in [3.63, 3.8) is 0 Å². The van der Waals surface area contributed by atoms with Crippen LogP contribution in [0.4, 0.5) is 5.69 Å². The molecule has 0 unspecified atom stereocenters. The molecule has 1 atom stereocenters. The minimum atomic E-state index is -0.546. The summed E-state index contributed by atoms with van der Waals surface area (Å²) in [5, 5.41) is 4.06. The van der Waals surface area contributed by atoms with Gasteiger partial charge in [0.1, 0.15) is 11.8 Å². The molecular weight excluding hydrogens is 402 g/mol. The van der Waals surface area contributed by atoms with Crippen molar-refractivity contribution < 1.29 is 14.3 Å². The smallest absolute Gasteiger partial charge is 0.247 e. The number of ether oxygens (including phenoxy) is 1. The Morgan fingerprint density at radius 2 is 1.84 bits per heavy atom. The highest BCUT2D eigenvalue weighted by molar-refractivity contribution is 6.04. The van der Waals surface area contributed by atoms with Gasteiger partial charge in [0.25, 0.3) is 0 Å². The Labute approximate surface area is 187 Å². The summed E-state index contributed by atoms with van der Waals surface area (Å²) in [5.74, 6) is 0.775.